The van der Waals surface area contributed by atoms with Gasteiger partial charge >= 0.3 is 18.9 Å². The number of benzene rings is 1. The largest absolute Gasteiger partial charge is 1.00 e. The maximum Gasteiger partial charge on any atom is 1.00 e. The normalized spacial score (nSPS) is 10.4. The van der Waals surface area contributed by atoms with Crippen molar-refractivity contribution in [1.82, 2.24) is 0 Å². The zero-order valence-corrected chi connectivity index (χ0v) is 13.3. The van der Waals surface area contributed by atoms with Crippen LogP contribution >= 0.6 is 0 Å². The molecule has 0 unspecified atom stereocenters. The SMILES string of the molecule is CC(C)c1cc(C(C)C)c2occc2c1OC[C-]=O.[Li+].[OH-]. The van der Waals surface area contributed by atoms with E-state index in [1.54, 1.807) is 12.5 Å². The summed E-state index contributed by atoms with van der Waals surface area (Å²) < 4.78 is 11.2. The maximum absolute atomic E-state index is 10.4. The minimum atomic E-state index is -0.0545. The third kappa shape index (κ3) is 3.91. The molecule has 2 rings (SSSR count). The summed E-state index contributed by atoms with van der Waals surface area (Å²) >= 11 is 0. The van der Waals surface area contributed by atoms with Crippen LogP contribution < -0.4 is 23.6 Å². The fourth-order valence-corrected chi connectivity index (χ4v) is 2.29. The van der Waals surface area contributed by atoms with Crippen molar-refractivity contribution < 1.29 is 38.3 Å². The van der Waals surface area contributed by atoms with Crippen LogP contribution in [0.25, 0.3) is 11.0 Å². The van der Waals surface area contributed by atoms with Crippen molar-refractivity contribution in [3.63, 3.8) is 0 Å². The Morgan fingerprint density at radius 2 is 1.81 bits per heavy atom. The predicted octanol–water partition coefficient (Wildman–Crippen LogP) is 0.995. The molecular formula is C16H20LiO4-. The van der Waals surface area contributed by atoms with Crippen LogP contribution in [0.1, 0.15) is 50.7 Å². The second kappa shape index (κ2) is 8.28. The van der Waals surface area contributed by atoms with Crippen LogP contribution in [0.15, 0.2) is 22.8 Å². The molecule has 4 nitrogen and oxygen atoms in total. The van der Waals surface area contributed by atoms with Crippen molar-refractivity contribution in [3.05, 3.63) is 29.5 Å². The van der Waals surface area contributed by atoms with Gasteiger partial charge in [0.05, 0.1) is 11.6 Å². The van der Waals surface area contributed by atoms with E-state index >= 15 is 0 Å². The quantitative estimate of drug-likeness (QED) is 0.606. The zero-order chi connectivity index (χ0) is 14.0. The molecule has 1 aromatic carbocycles. The second-order valence-electron chi connectivity index (χ2n) is 5.29. The Morgan fingerprint density at radius 3 is 2.33 bits per heavy atom. The van der Waals surface area contributed by atoms with E-state index in [1.165, 1.54) is 5.56 Å². The average Bonchev–Trinajstić information content (AvgIpc) is 2.83. The number of ether oxygens (including phenoxy) is 1. The summed E-state index contributed by atoms with van der Waals surface area (Å²) in [6.45, 7) is 8.45. The van der Waals surface area contributed by atoms with E-state index in [1.807, 2.05) is 6.07 Å². The molecule has 0 amide bonds. The molecule has 0 spiro atoms. The standard InChI is InChI=1S/C16H19O3.Li.H2O/c1-10(2)13-9-14(11(3)4)16(19-8-6-17)12-5-7-18-15(12)13;;/h5,7,9-11H,8H2,1-4H3;;1H2/q-1;+1;/p-1. The molecule has 2 aromatic rings. The third-order valence-electron chi connectivity index (χ3n) is 3.26. The first-order valence-electron chi connectivity index (χ1n) is 6.58. The van der Waals surface area contributed by atoms with Gasteiger partial charge in [-0.25, -0.2) is 6.29 Å². The molecule has 0 saturated carbocycles. The van der Waals surface area contributed by atoms with Gasteiger partial charge in [0.15, 0.2) is 0 Å². The Hall–Kier alpha value is -1.21. The zero-order valence-electron chi connectivity index (χ0n) is 13.3. The van der Waals surface area contributed by atoms with Crippen molar-refractivity contribution in [1.29, 1.82) is 0 Å². The number of hydrogen-bond acceptors (Lipinski definition) is 4. The number of carbonyl (C=O) groups excluding carboxylic acids is 1. The summed E-state index contributed by atoms with van der Waals surface area (Å²) in [6.07, 6.45) is 3.44. The molecular weight excluding hydrogens is 263 g/mol. The summed E-state index contributed by atoms with van der Waals surface area (Å²) in [6, 6.07) is 4.02. The molecule has 1 heterocycles. The Balaban J connectivity index is 0.00000200. The van der Waals surface area contributed by atoms with Crippen LogP contribution in [0.3, 0.4) is 0 Å². The molecule has 0 aliphatic carbocycles. The van der Waals surface area contributed by atoms with Crippen LogP contribution in [-0.2, 0) is 4.79 Å². The monoisotopic (exact) mass is 283 g/mol. The molecule has 1 aromatic heterocycles. The van der Waals surface area contributed by atoms with E-state index < -0.39 is 0 Å². The van der Waals surface area contributed by atoms with Crippen molar-refractivity contribution in [2.24, 2.45) is 0 Å². The molecule has 0 aliphatic rings. The van der Waals surface area contributed by atoms with Crippen LogP contribution in [0, 0.1) is 0 Å². The van der Waals surface area contributed by atoms with Crippen molar-refractivity contribution in [3.8, 4) is 5.75 Å². The van der Waals surface area contributed by atoms with E-state index in [2.05, 4.69) is 33.8 Å². The minimum absolute atomic E-state index is 0. The first kappa shape index (κ1) is 19.8. The maximum atomic E-state index is 10.4. The van der Waals surface area contributed by atoms with Gasteiger partial charge < -0.3 is 19.4 Å². The number of hydrogen-bond donors (Lipinski definition) is 0. The van der Waals surface area contributed by atoms with Crippen LogP contribution in [-0.4, -0.2) is 18.4 Å². The number of fused-ring (bicyclic) bond motifs is 1. The molecule has 21 heavy (non-hydrogen) atoms. The van der Waals surface area contributed by atoms with E-state index in [0.717, 1.165) is 22.3 Å². The molecule has 0 aliphatic heterocycles. The topological polar surface area (TPSA) is 69.4 Å². The molecule has 1 N–H and O–H groups in total. The first-order chi connectivity index (χ1) is 9.06. The molecule has 110 valence electrons. The summed E-state index contributed by atoms with van der Waals surface area (Å²) in [5.41, 5.74) is 3.12. The summed E-state index contributed by atoms with van der Waals surface area (Å²) in [5, 5.41) is 0.935. The van der Waals surface area contributed by atoms with Crippen LogP contribution in [0.4, 0.5) is 0 Å². The number of rotatable bonds is 5. The van der Waals surface area contributed by atoms with Gasteiger partial charge in [0.2, 0.25) is 0 Å². The Labute approximate surface area is 137 Å². The Morgan fingerprint density at radius 1 is 1.19 bits per heavy atom. The van der Waals surface area contributed by atoms with Gasteiger partial charge in [0.25, 0.3) is 0 Å². The molecule has 0 bridgehead atoms. The number of furan rings is 1. The molecule has 5 heteroatoms. The second-order valence-corrected chi connectivity index (χ2v) is 5.29. The van der Waals surface area contributed by atoms with Crippen LogP contribution in [0.5, 0.6) is 5.75 Å². The van der Waals surface area contributed by atoms with E-state index in [9.17, 15) is 4.79 Å². The van der Waals surface area contributed by atoms with Gasteiger partial charge in [0, 0.05) is 0 Å². The Bertz CT molecular complexity index is 587. The van der Waals surface area contributed by atoms with Gasteiger partial charge in [-0.15, -0.1) is 0 Å². The van der Waals surface area contributed by atoms with Crippen molar-refractivity contribution in [2.45, 2.75) is 39.5 Å². The summed E-state index contributed by atoms with van der Waals surface area (Å²) in [5.74, 6) is 1.43. The fourth-order valence-electron chi connectivity index (χ4n) is 2.29. The molecule has 0 atom stereocenters. The fraction of sp³-hybridized carbons (Fsp3) is 0.438. The molecule has 0 fully saturated rings. The Kier molecular flexibility index (Phi) is 7.81. The van der Waals surface area contributed by atoms with Gasteiger partial charge in [-0.2, -0.15) is 0 Å². The van der Waals surface area contributed by atoms with Gasteiger partial charge in [-0.05, 0) is 41.7 Å². The van der Waals surface area contributed by atoms with Crippen LogP contribution in [0.2, 0.25) is 0 Å². The van der Waals surface area contributed by atoms with Gasteiger partial charge in [-0.1, -0.05) is 27.7 Å². The molecule has 0 saturated heterocycles. The molecule has 0 radical (unpaired) electrons. The average molecular weight is 283 g/mol. The summed E-state index contributed by atoms with van der Waals surface area (Å²) in [7, 11) is 0. The van der Waals surface area contributed by atoms with E-state index in [4.69, 9.17) is 9.15 Å². The van der Waals surface area contributed by atoms with Gasteiger partial charge in [0.1, 0.15) is 11.3 Å². The van der Waals surface area contributed by atoms with E-state index in [-0.39, 0.29) is 30.9 Å². The van der Waals surface area contributed by atoms with E-state index in [0.29, 0.717) is 11.8 Å². The summed E-state index contributed by atoms with van der Waals surface area (Å²) in [4.78, 5) is 10.4. The van der Waals surface area contributed by atoms with Crippen molar-refractivity contribution >= 4 is 17.3 Å². The predicted molar refractivity (Wildman–Crippen MR) is 77.5 cm³/mol. The minimum Gasteiger partial charge on any atom is -0.870 e. The smallest absolute Gasteiger partial charge is 0.870 e. The first-order valence-corrected chi connectivity index (χ1v) is 6.58. The van der Waals surface area contributed by atoms with Gasteiger partial charge in [-0.3, -0.25) is 0 Å². The van der Waals surface area contributed by atoms with Crippen molar-refractivity contribution in [2.75, 3.05) is 6.61 Å². The third-order valence-corrected chi connectivity index (χ3v) is 3.26.